The standard InChI is InChI=1S/C10H11N3O3.CH3ClO2S/c1-6-3-7(10(15)16-2)9-8(4-14)11-5-12-13(6)9;1-5(2,3)4/h3,5,14H,4H2,1-2H3;1H3. The Balaban J connectivity index is 0.000000383. The average Bonchev–Trinajstić information content (AvgIpc) is 2.74. The number of carbonyl (C=O) groups excluding carboxylic acids is 1. The lowest BCUT2D eigenvalue weighted by atomic mass is 10.2. The van der Waals surface area contributed by atoms with Gasteiger partial charge in [0, 0.05) is 16.4 Å². The van der Waals surface area contributed by atoms with E-state index in [4.69, 9.17) is 5.11 Å². The van der Waals surface area contributed by atoms with Crippen molar-refractivity contribution in [2.75, 3.05) is 13.4 Å². The fraction of sp³-hybridized carbons (Fsp3) is 0.364. The molecule has 2 heterocycles. The summed E-state index contributed by atoms with van der Waals surface area (Å²) in [5.74, 6) is -0.463. The minimum atomic E-state index is -3.19. The first-order valence-corrected chi connectivity index (χ1v) is 8.31. The number of rotatable bonds is 2. The molecule has 0 spiro atoms. The van der Waals surface area contributed by atoms with E-state index in [0.717, 1.165) is 11.9 Å². The molecule has 0 aliphatic heterocycles. The minimum Gasteiger partial charge on any atom is -0.465 e. The van der Waals surface area contributed by atoms with Gasteiger partial charge in [0.25, 0.3) is 0 Å². The molecule has 0 aliphatic carbocycles. The van der Waals surface area contributed by atoms with E-state index in [2.05, 4.69) is 25.5 Å². The van der Waals surface area contributed by atoms with Crippen molar-refractivity contribution in [3.63, 3.8) is 0 Å². The number of esters is 1. The normalized spacial score (nSPS) is 10.9. The third kappa shape index (κ3) is 4.66. The number of hydrogen-bond donors (Lipinski definition) is 1. The van der Waals surface area contributed by atoms with Crippen LogP contribution in [0, 0.1) is 6.92 Å². The summed E-state index contributed by atoms with van der Waals surface area (Å²) in [6.45, 7) is 1.56. The lowest BCUT2D eigenvalue weighted by molar-refractivity contribution is 0.0603. The largest absolute Gasteiger partial charge is 0.465 e. The van der Waals surface area contributed by atoms with Gasteiger partial charge in [-0.05, 0) is 13.0 Å². The molecule has 0 bridgehead atoms. The van der Waals surface area contributed by atoms with Crippen molar-refractivity contribution in [3.8, 4) is 0 Å². The molecule has 0 unspecified atom stereocenters. The highest BCUT2D eigenvalue weighted by atomic mass is 35.7. The van der Waals surface area contributed by atoms with Crippen molar-refractivity contribution < 1.29 is 23.1 Å². The topological polar surface area (TPSA) is 111 Å². The van der Waals surface area contributed by atoms with Crippen LogP contribution in [-0.4, -0.2) is 47.5 Å². The van der Waals surface area contributed by atoms with Crippen LogP contribution in [0.2, 0.25) is 0 Å². The Labute approximate surface area is 125 Å². The maximum atomic E-state index is 11.5. The number of nitrogens with zero attached hydrogens (tertiary/aromatic N) is 3. The van der Waals surface area contributed by atoms with Gasteiger partial charge in [-0.1, -0.05) is 0 Å². The second-order valence-corrected chi connectivity index (χ2v) is 7.04. The second kappa shape index (κ2) is 6.83. The number of aryl methyl sites for hydroxylation is 1. The third-order valence-corrected chi connectivity index (χ3v) is 2.36. The maximum absolute atomic E-state index is 11.5. The molecule has 0 saturated carbocycles. The van der Waals surface area contributed by atoms with Crippen LogP contribution in [0.1, 0.15) is 21.7 Å². The molecule has 10 heteroatoms. The van der Waals surface area contributed by atoms with Gasteiger partial charge >= 0.3 is 5.97 Å². The number of fused-ring (bicyclic) bond motifs is 1. The first kappa shape index (κ1) is 17.3. The number of methoxy groups -OCH3 is 1. The smallest absolute Gasteiger partial charge is 0.340 e. The lowest BCUT2D eigenvalue weighted by Crippen LogP contribution is -2.05. The number of carbonyl (C=O) groups is 1. The van der Waals surface area contributed by atoms with Gasteiger partial charge in [-0.15, -0.1) is 0 Å². The van der Waals surface area contributed by atoms with Crippen LogP contribution in [0.15, 0.2) is 12.4 Å². The number of aromatic nitrogens is 3. The molecule has 0 radical (unpaired) electrons. The lowest BCUT2D eigenvalue weighted by Gasteiger charge is -2.02. The Bertz CT molecular complexity index is 749. The van der Waals surface area contributed by atoms with Gasteiger partial charge in [0.1, 0.15) is 11.8 Å². The number of halogens is 1. The molecular weight excluding hydrogens is 322 g/mol. The van der Waals surface area contributed by atoms with Crippen LogP contribution in [0.5, 0.6) is 0 Å². The molecule has 21 heavy (non-hydrogen) atoms. The molecule has 2 aromatic rings. The van der Waals surface area contributed by atoms with Gasteiger partial charge in [-0.3, -0.25) is 0 Å². The molecule has 8 nitrogen and oxygen atoms in total. The molecule has 2 rings (SSSR count). The predicted octanol–water partition coefficient (Wildman–Crippen LogP) is 0.501. The van der Waals surface area contributed by atoms with Crippen molar-refractivity contribution in [1.29, 1.82) is 0 Å². The summed E-state index contributed by atoms with van der Waals surface area (Å²) in [5, 5.41) is 13.2. The Kier molecular flexibility index (Phi) is 5.64. The van der Waals surface area contributed by atoms with Gasteiger partial charge in [-0.25, -0.2) is 22.7 Å². The third-order valence-electron chi connectivity index (χ3n) is 2.36. The molecule has 0 atom stereocenters. The Hall–Kier alpha value is -1.71. The number of hydrogen-bond acceptors (Lipinski definition) is 7. The molecule has 0 aliphatic rings. The summed E-state index contributed by atoms with van der Waals surface area (Å²) in [7, 11) is 2.62. The van der Waals surface area contributed by atoms with E-state index in [9.17, 15) is 13.2 Å². The Morgan fingerprint density at radius 2 is 2.10 bits per heavy atom. The highest BCUT2D eigenvalue weighted by Crippen LogP contribution is 2.18. The number of ether oxygens (including phenoxy) is 1. The van der Waals surface area contributed by atoms with Crippen LogP contribution >= 0.6 is 10.7 Å². The summed E-state index contributed by atoms with van der Waals surface area (Å²) in [5.41, 5.74) is 2.05. The molecule has 1 N–H and O–H groups in total. The van der Waals surface area contributed by atoms with E-state index < -0.39 is 15.0 Å². The Morgan fingerprint density at radius 1 is 1.52 bits per heavy atom. The summed E-state index contributed by atoms with van der Waals surface area (Å²) in [6.07, 6.45) is 2.27. The summed E-state index contributed by atoms with van der Waals surface area (Å²) >= 11 is 0. The van der Waals surface area contributed by atoms with E-state index in [1.165, 1.54) is 13.4 Å². The van der Waals surface area contributed by atoms with Crippen molar-refractivity contribution in [2.45, 2.75) is 13.5 Å². The van der Waals surface area contributed by atoms with E-state index in [1.807, 2.05) is 6.92 Å². The van der Waals surface area contributed by atoms with E-state index in [1.54, 1.807) is 10.6 Å². The van der Waals surface area contributed by atoms with E-state index in [0.29, 0.717) is 16.8 Å². The zero-order valence-corrected chi connectivity index (χ0v) is 13.1. The molecule has 2 aromatic heterocycles. The number of aliphatic hydroxyl groups is 1. The van der Waals surface area contributed by atoms with Crippen LogP contribution in [0.25, 0.3) is 5.52 Å². The van der Waals surface area contributed by atoms with Crippen LogP contribution in [-0.2, 0) is 20.4 Å². The van der Waals surface area contributed by atoms with Crippen molar-refractivity contribution in [3.05, 3.63) is 29.3 Å². The molecule has 0 aromatic carbocycles. The van der Waals surface area contributed by atoms with Crippen molar-refractivity contribution >= 4 is 31.2 Å². The maximum Gasteiger partial charge on any atom is 0.340 e. The molecule has 0 amide bonds. The second-order valence-electron chi connectivity index (χ2n) is 4.00. The summed E-state index contributed by atoms with van der Waals surface area (Å²) < 4.78 is 25.0. The van der Waals surface area contributed by atoms with Crippen LogP contribution in [0.4, 0.5) is 0 Å². The number of aliphatic hydroxyl groups excluding tert-OH is 1. The van der Waals surface area contributed by atoms with Gasteiger partial charge in [0.15, 0.2) is 0 Å². The fourth-order valence-corrected chi connectivity index (χ4v) is 1.64. The van der Waals surface area contributed by atoms with Gasteiger partial charge in [0.2, 0.25) is 9.05 Å². The molecular formula is C11H14ClN3O5S. The zero-order chi connectivity index (χ0) is 16.2. The highest BCUT2D eigenvalue weighted by molar-refractivity contribution is 8.13. The highest BCUT2D eigenvalue weighted by Gasteiger charge is 2.18. The van der Waals surface area contributed by atoms with E-state index in [-0.39, 0.29) is 6.61 Å². The average molecular weight is 336 g/mol. The SMILES string of the molecule is COC(=O)c1cc(C)n2ncnc(CO)c12.CS(=O)(=O)Cl. The van der Waals surface area contributed by atoms with Crippen LogP contribution in [0.3, 0.4) is 0 Å². The quantitative estimate of drug-likeness (QED) is 0.628. The Morgan fingerprint density at radius 3 is 2.57 bits per heavy atom. The molecule has 0 saturated heterocycles. The van der Waals surface area contributed by atoms with Gasteiger partial charge in [0.05, 0.1) is 31.2 Å². The molecule has 0 fully saturated rings. The summed E-state index contributed by atoms with van der Waals surface area (Å²) in [6, 6.07) is 1.66. The molecule has 116 valence electrons. The summed E-state index contributed by atoms with van der Waals surface area (Å²) in [4.78, 5) is 15.5. The minimum absolute atomic E-state index is 0.251. The fourth-order valence-electron chi connectivity index (χ4n) is 1.64. The van der Waals surface area contributed by atoms with Gasteiger partial charge < -0.3 is 9.84 Å². The first-order valence-electron chi connectivity index (χ1n) is 5.60. The first-order chi connectivity index (χ1) is 9.69. The predicted molar refractivity (Wildman–Crippen MR) is 75.7 cm³/mol. The zero-order valence-electron chi connectivity index (χ0n) is 11.6. The van der Waals surface area contributed by atoms with Crippen molar-refractivity contribution in [2.24, 2.45) is 0 Å². The monoisotopic (exact) mass is 335 g/mol. The van der Waals surface area contributed by atoms with E-state index >= 15 is 0 Å². The van der Waals surface area contributed by atoms with Crippen molar-refractivity contribution in [1.82, 2.24) is 14.6 Å². The van der Waals surface area contributed by atoms with Crippen LogP contribution < -0.4 is 0 Å². The van der Waals surface area contributed by atoms with Gasteiger partial charge in [-0.2, -0.15) is 5.10 Å².